The summed E-state index contributed by atoms with van der Waals surface area (Å²) < 4.78 is 5.27. The zero-order chi connectivity index (χ0) is 19.1. The van der Waals surface area contributed by atoms with Crippen LogP contribution in [0.2, 0.25) is 0 Å². The van der Waals surface area contributed by atoms with Crippen LogP contribution in [0, 0.1) is 0 Å². The summed E-state index contributed by atoms with van der Waals surface area (Å²) in [5.41, 5.74) is 1.31. The van der Waals surface area contributed by atoms with Crippen molar-refractivity contribution in [3.05, 3.63) is 35.9 Å². The van der Waals surface area contributed by atoms with E-state index in [4.69, 9.17) is 4.74 Å². The fraction of sp³-hybridized carbons (Fsp3) is 0.619. The van der Waals surface area contributed by atoms with Crippen molar-refractivity contribution in [2.75, 3.05) is 45.9 Å². The summed E-state index contributed by atoms with van der Waals surface area (Å²) in [4.78, 5) is 31.1. The first-order valence-electron chi connectivity index (χ1n) is 10.1. The molecule has 3 rings (SSSR count). The topological polar surface area (TPSA) is 53.1 Å². The first-order chi connectivity index (χ1) is 13.2. The van der Waals surface area contributed by atoms with Crippen LogP contribution >= 0.6 is 0 Å². The molecule has 0 N–H and O–H groups in total. The minimum absolute atomic E-state index is 0.0707. The molecule has 1 unspecified atom stereocenters. The minimum atomic E-state index is 0.0707. The lowest BCUT2D eigenvalue weighted by Crippen LogP contribution is -2.54. The van der Waals surface area contributed by atoms with Crippen molar-refractivity contribution >= 4 is 11.8 Å². The van der Waals surface area contributed by atoms with Gasteiger partial charge in [0.15, 0.2) is 0 Å². The number of hydrogen-bond acceptors (Lipinski definition) is 4. The predicted molar refractivity (Wildman–Crippen MR) is 104 cm³/mol. The SMILES string of the molecule is CCC1CN(C(=O)CCC(=O)N2CCOCC2)CCN1Cc1ccccc1. The molecule has 2 aliphatic rings. The van der Waals surface area contributed by atoms with Crippen molar-refractivity contribution < 1.29 is 14.3 Å². The molecule has 148 valence electrons. The van der Waals surface area contributed by atoms with Crippen molar-refractivity contribution in [1.82, 2.24) is 14.7 Å². The highest BCUT2D eigenvalue weighted by Gasteiger charge is 2.29. The van der Waals surface area contributed by atoms with Gasteiger partial charge in [-0.2, -0.15) is 0 Å². The van der Waals surface area contributed by atoms with Crippen molar-refractivity contribution in [2.24, 2.45) is 0 Å². The van der Waals surface area contributed by atoms with Crippen LogP contribution in [0.1, 0.15) is 31.7 Å². The van der Waals surface area contributed by atoms with Crippen molar-refractivity contribution in [3.8, 4) is 0 Å². The summed E-state index contributed by atoms with van der Waals surface area (Å²) in [6.07, 6.45) is 1.63. The van der Waals surface area contributed by atoms with Gasteiger partial charge in [0.05, 0.1) is 13.2 Å². The van der Waals surface area contributed by atoms with Gasteiger partial charge in [-0.3, -0.25) is 14.5 Å². The van der Waals surface area contributed by atoms with E-state index < -0.39 is 0 Å². The van der Waals surface area contributed by atoms with Crippen LogP contribution in [0.25, 0.3) is 0 Å². The van der Waals surface area contributed by atoms with Crippen LogP contribution in [0.3, 0.4) is 0 Å². The van der Waals surface area contributed by atoms with Gasteiger partial charge in [0.1, 0.15) is 0 Å². The van der Waals surface area contributed by atoms with Crippen LogP contribution < -0.4 is 0 Å². The number of benzene rings is 1. The van der Waals surface area contributed by atoms with E-state index in [1.165, 1.54) is 5.56 Å². The molecule has 2 heterocycles. The van der Waals surface area contributed by atoms with Crippen LogP contribution in [0.4, 0.5) is 0 Å². The second-order valence-electron chi connectivity index (χ2n) is 7.35. The van der Waals surface area contributed by atoms with E-state index >= 15 is 0 Å². The van der Waals surface area contributed by atoms with Gasteiger partial charge in [0.2, 0.25) is 11.8 Å². The molecular weight excluding hydrogens is 342 g/mol. The monoisotopic (exact) mass is 373 g/mol. The largest absolute Gasteiger partial charge is 0.378 e. The van der Waals surface area contributed by atoms with Gasteiger partial charge in [-0.25, -0.2) is 0 Å². The molecule has 1 aromatic carbocycles. The molecule has 2 saturated heterocycles. The van der Waals surface area contributed by atoms with Crippen molar-refractivity contribution in [2.45, 2.75) is 38.8 Å². The van der Waals surface area contributed by atoms with E-state index in [0.29, 0.717) is 45.2 Å². The zero-order valence-corrected chi connectivity index (χ0v) is 16.3. The number of carbonyl (C=O) groups excluding carboxylic acids is 2. The van der Waals surface area contributed by atoms with Crippen LogP contribution in [-0.2, 0) is 20.9 Å². The third-order valence-corrected chi connectivity index (χ3v) is 5.57. The van der Waals surface area contributed by atoms with Crippen LogP contribution in [0.5, 0.6) is 0 Å². The maximum Gasteiger partial charge on any atom is 0.223 e. The number of carbonyl (C=O) groups is 2. The first kappa shape index (κ1) is 19.8. The Morgan fingerprint density at radius 1 is 0.963 bits per heavy atom. The lowest BCUT2D eigenvalue weighted by molar-refractivity contribution is -0.140. The Balaban J connectivity index is 1.46. The number of ether oxygens (including phenoxy) is 1. The van der Waals surface area contributed by atoms with Crippen LogP contribution in [-0.4, -0.2) is 78.5 Å². The molecule has 0 saturated carbocycles. The second-order valence-corrected chi connectivity index (χ2v) is 7.35. The van der Waals surface area contributed by atoms with Gasteiger partial charge >= 0.3 is 0 Å². The third-order valence-electron chi connectivity index (χ3n) is 5.57. The molecule has 2 fully saturated rings. The van der Waals surface area contributed by atoms with E-state index in [2.05, 4.69) is 36.1 Å². The first-order valence-corrected chi connectivity index (χ1v) is 10.1. The molecule has 2 aliphatic heterocycles. The van der Waals surface area contributed by atoms with Gasteiger partial charge in [-0.15, -0.1) is 0 Å². The number of nitrogens with zero attached hydrogens (tertiary/aromatic N) is 3. The number of rotatable bonds is 6. The van der Waals surface area contributed by atoms with E-state index in [9.17, 15) is 9.59 Å². The third kappa shape index (κ3) is 5.53. The number of hydrogen-bond donors (Lipinski definition) is 0. The second kappa shape index (κ2) is 9.85. The Morgan fingerprint density at radius 2 is 1.63 bits per heavy atom. The molecule has 1 aromatic rings. The Labute approximate surface area is 162 Å². The molecule has 27 heavy (non-hydrogen) atoms. The van der Waals surface area contributed by atoms with E-state index in [-0.39, 0.29) is 11.8 Å². The smallest absolute Gasteiger partial charge is 0.223 e. The Bertz CT molecular complexity index is 616. The summed E-state index contributed by atoms with van der Waals surface area (Å²) in [5.74, 6) is 0.177. The van der Waals surface area contributed by atoms with Gasteiger partial charge in [0, 0.05) is 58.2 Å². The van der Waals surface area contributed by atoms with Gasteiger partial charge in [-0.1, -0.05) is 37.3 Å². The Kier molecular flexibility index (Phi) is 7.24. The maximum atomic E-state index is 12.6. The highest BCUT2D eigenvalue weighted by atomic mass is 16.5. The normalized spacial score (nSPS) is 21.3. The summed E-state index contributed by atoms with van der Waals surface area (Å²) in [6, 6.07) is 10.9. The fourth-order valence-electron chi connectivity index (χ4n) is 3.88. The summed E-state index contributed by atoms with van der Waals surface area (Å²) >= 11 is 0. The van der Waals surface area contributed by atoms with E-state index in [1.807, 2.05) is 15.9 Å². The summed E-state index contributed by atoms with van der Waals surface area (Å²) in [6.45, 7) is 7.97. The molecule has 0 aromatic heterocycles. The number of piperazine rings is 1. The minimum Gasteiger partial charge on any atom is -0.378 e. The summed E-state index contributed by atoms with van der Waals surface area (Å²) in [7, 11) is 0. The zero-order valence-electron chi connectivity index (χ0n) is 16.3. The van der Waals surface area contributed by atoms with Gasteiger partial charge in [-0.05, 0) is 12.0 Å². The standard InChI is InChI=1S/C21H31N3O3/c1-2-19-17-24(11-10-23(19)16-18-6-4-3-5-7-18)21(26)9-8-20(25)22-12-14-27-15-13-22/h3-7,19H,2,8-17H2,1H3. The van der Waals surface area contributed by atoms with E-state index in [0.717, 1.165) is 32.6 Å². The number of morpholine rings is 1. The van der Waals surface area contributed by atoms with Crippen molar-refractivity contribution in [3.63, 3.8) is 0 Å². The lowest BCUT2D eigenvalue weighted by Gasteiger charge is -2.41. The Morgan fingerprint density at radius 3 is 2.30 bits per heavy atom. The Hall–Kier alpha value is -1.92. The molecular formula is C21H31N3O3. The molecule has 6 heteroatoms. The molecule has 1 atom stereocenters. The maximum absolute atomic E-state index is 12.6. The number of amides is 2. The molecule has 2 amide bonds. The highest BCUT2D eigenvalue weighted by molar-refractivity contribution is 5.84. The quantitative estimate of drug-likeness (QED) is 0.762. The average Bonchev–Trinajstić information content (AvgIpc) is 2.73. The van der Waals surface area contributed by atoms with Crippen LogP contribution in [0.15, 0.2) is 30.3 Å². The highest BCUT2D eigenvalue weighted by Crippen LogP contribution is 2.17. The molecule has 0 bridgehead atoms. The van der Waals surface area contributed by atoms with E-state index in [1.54, 1.807) is 0 Å². The molecule has 0 radical (unpaired) electrons. The molecule has 0 aliphatic carbocycles. The molecule has 0 spiro atoms. The lowest BCUT2D eigenvalue weighted by atomic mass is 10.1. The average molecular weight is 373 g/mol. The summed E-state index contributed by atoms with van der Waals surface area (Å²) in [5, 5.41) is 0. The van der Waals surface area contributed by atoms with Gasteiger partial charge < -0.3 is 14.5 Å². The van der Waals surface area contributed by atoms with Crippen molar-refractivity contribution in [1.29, 1.82) is 0 Å². The molecule has 6 nitrogen and oxygen atoms in total. The fourth-order valence-corrected chi connectivity index (χ4v) is 3.88. The predicted octanol–water partition coefficient (Wildman–Crippen LogP) is 1.75. The van der Waals surface area contributed by atoms with Gasteiger partial charge in [0.25, 0.3) is 0 Å².